The second-order valence-electron chi connectivity index (χ2n) is 8.85. The third-order valence-electron chi connectivity index (χ3n) is 6.06. The van der Waals surface area contributed by atoms with Crippen LogP contribution >= 0.6 is 0 Å². The van der Waals surface area contributed by atoms with Crippen molar-refractivity contribution in [2.45, 2.75) is 96.8 Å². The van der Waals surface area contributed by atoms with Crippen molar-refractivity contribution in [3.63, 3.8) is 0 Å². The standard InChI is InChI=1S/C30H45N/c1-2-3-4-5-6-7-8-9-10-11-12-13-14-20-27-31-30-24-19-18-23-29(30)26-25-28-21-16-15-17-22-28/h15-19,21-26,31H,2-14,20,27H2,1H3. The van der Waals surface area contributed by atoms with Crippen molar-refractivity contribution in [1.82, 2.24) is 0 Å². The van der Waals surface area contributed by atoms with Crippen molar-refractivity contribution in [3.8, 4) is 0 Å². The van der Waals surface area contributed by atoms with Crippen molar-refractivity contribution >= 4 is 17.8 Å². The molecule has 2 aromatic carbocycles. The first-order chi connectivity index (χ1) is 15.4. The number of hydrogen-bond acceptors (Lipinski definition) is 1. The summed E-state index contributed by atoms with van der Waals surface area (Å²) in [5.74, 6) is 0. The minimum atomic E-state index is 1.06. The van der Waals surface area contributed by atoms with E-state index in [4.69, 9.17) is 0 Å². The van der Waals surface area contributed by atoms with Crippen molar-refractivity contribution in [2.75, 3.05) is 11.9 Å². The fourth-order valence-electron chi connectivity index (χ4n) is 4.10. The van der Waals surface area contributed by atoms with Crippen LogP contribution in [-0.4, -0.2) is 6.54 Å². The SMILES string of the molecule is CCCCCCCCCCCCCCCCNc1ccccc1C=Cc1ccccc1. The number of nitrogens with one attached hydrogen (secondary N) is 1. The van der Waals surface area contributed by atoms with E-state index in [0.717, 1.165) is 6.54 Å². The molecule has 31 heavy (non-hydrogen) atoms. The maximum absolute atomic E-state index is 3.64. The van der Waals surface area contributed by atoms with Gasteiger partial charge in [-0.1, -0.05) is 151 Å². The van der Waals surface area contributed by atoms with Gasteiger partial charge in [0, 0.05) is 12.2 Å². The number of anilines is 1. The molecule has 1 N–H and O–H groups in total. The Balaban J connectivity index is 1.48. The Morgan fingerprint density at radius 1 is 0.548 bits per heavy atom. The van der Waals surface area contributed by atoms with Crippen LogP contribution in [0.3, 0.4) is 0 Å². The van der Waals surface area contributed by atoms with Gasteiger partial charge in [-0.2, -0.15) is 0 Å². The zero-order chi connectivity index (χ0) is 21.8. The molecule has 2 aromatic rings. The molecule has 0 aliphatic rings. The Morgan fingerprint density at radius 2 is 1.06 bits per heavy atom. The highest BCUT2D eigenvalue weighted by Gasteiger charge is 1.98. The van der Waals surface area contributed by atoms with Crippen LogP contribution in [0.4, 0.5) is 5.69 Å². The van der Waals surface area contributed by atoms with Crippen LogP contribution in [0.25, 0.3) is 12.2 Å². The molecule has 0 atom stereocenters. The van der Waals surface area contributed by atoms with Gasteiger partial charge in [-0.25, -0.2) is 0 Å². The Morgan fingerprint density at radius 3 is 1.68 bits per heavy atom. The first-order valence-electron chi connectivity index (χ1n) is 13.0. The highest BCUT2D eigenvalue weighted by molar-refractivity contribution is 5.76. The molecule has 0 aromatic heterocycles. The molecule has 1 heteroatoms. The zero-order valence-corrected chi connectivity index (χ0v) is 20.0. The normalized spacial score (nSPS) is 11.3. The van der Waals surface area contributed by atoms with Crippen LogP contribution in [-0.2, 0) is 0 Å². The smallest absolute Gasteiger partial charge is 0.0413 e. The van der Waals surface area contributed by atoms with Gasteiger partial charge in [-0.05, 0) is 23.6 Å². The lowest BCUT2D eigenvalue weighted by Crippen LogP contribution is -2.02. The minimum Gasteiger partial charge on any atom is -0.385 e. The van der Waals surface area contributed by atoms with Crippen molar-refractivity contribution in [1.29, 1.82) is 0 Å². The van der Waals surface area contributed by atoms with E-state index in [1.54, 1.807) is 0 Å². The van der Waals surface area contributed by atoms with Crippen molar-refractivity contribution in [3.05, 3.63) is 65.7 Å². The van der Waals surface area contributed by atoms with Crippen LogP contribution in [0.15, 0.2) is 54.6 Å². The van der Waals surface area contributed by atoms with E-state index in [1.165, 1.54) is 107 Å². The Kier molecular flexibility index (Phi) is 14.4. The Labute approximate surface area is 192 Å². The van der Waals surface area contributed by atoms with Gasteiger partial charge >= 0.3 is 0 Å². The summed E-state index contributed by atoms with van der Waals surface area (Å²) < 4.78 is 0. The minimum absolute atomic E-state index is 1.06. The molecule has 0 heterocycles. The predicted octanol–water partition coefficient (Wildman–Crippen LogP) is 9.75. The fraction of sp³-hybridized carbons (Fsp3) is 0.533. The van der Waals surface area contributed by atoms with E-state index in [0.29, 0.717) is 0 Å². The van der Waals surface area contributed by atoms with Gasteiger partial charge < -0.3 is 5.32 Å². The van der Waals surface area contributed by atoms with Gasteiger partial charge in [0.1, 0.15) is 0 Å². The molecule has 0 aliphatic carbocycles. The first-order valence-corrected chi connectivity index (χ1v) is 13.0. The molecule has 0 saturated heterocycles. The Hall–Kier alpha value is -2.02. The molecular weight excluding hydrogens is 374 g/mol. The molecule has 0 fully saturated rings. The van der Waals surface area contributed by atoms with Crippen LogP contribution in [0.2, 0.25) is 0 Å². The van der Waals surface area contributed by atoms with Gasteiger partial charge in [0.15, 0.2) is 0 Å². The number of unbranched alkanes of at least 4 members (excludes halogenated alkanes) is 13. The zero-order valence-electron chi connectivity index (χ0n) is 20.0. The summed E-state index contributed by atoms with van der Waals surface area (Å²) in [6.45, 7) is 3.36. The van der Waals surface area contributed by atoms with Gasteiger partial charge in [0.05, 0.1) is 0 Å². The molecule has 0 saturated carbocycles. The largest absolute Gasteiger partial charge is 0.385 e. The molecule has 1 nitrogen and oxygen atoms in total. The van der Waals surface area contributed by atoms with Crippen LogP contribution < -0.4 is 5.32 Å². The number of benzene rings is 2. The lowest BCUT2D eigenvalue weighted by atomic mass is 10.0. The summed E-state index contributed by atoms with van der Waals surface area (Å²) in [6.07, 6.45) is 24.1. The van der Waals surface area contributed by atoms with E-state index in [9.17, 15) is 0 Å². The van der Waals surface area contributed by atoms with E-state index < -0.39 is 0 Å². The summed E-state index contributed by atoms with van der Waals surface area (Å²) in [6, 6.07) is 19.1. The van der Waals surface area contributed by atoms with Crippen molar-refractivity contribution < 1.29 is 0 Å². The number of hydrogen-bond donors (Lipinski definition) is 1. The highest BCUT2D eigenvalue weighted by atomic mass is 14.9. The van der Waals surface area contributed by atoms with E-state index in [1.807, 2.05) is 0 Å². The Bertz CT molecular complexity index is 689. The quantitative estimate of drug-likeness (QED) is 0.187. The fourth-order valence-corrected chi connectivity index (χ4v) is 4.10. The van der Waals surface area contributed by atoms with Gasteiger partial charge in [-0.15, -0.1) is 0 Å². The second kappa shape index (κ2) is 17.6. The first kappa shape index (κ1) is 25.2. The van der Waals surface area contributed by atoms with Crippen LogP contribution in [0.5, 0.6) is 0 Å². The van der Waals surface area contributed by atoms with Crippen molar-refractivity contribution in [2.24, 2.45) is 0 Å². The van der Waals surface area contributed by atoms with Crippen LogP contribution in [0.1, 0.15) is 108 Å². The maximum atomic E-state index is 3.64. The topological polar surface area (TPSA) is 12.0 Å². The highest BCUT2D eigenvalue weighted by Crippen LogP contribution is 2.19. The van der Waals surface area contributed by atoms with Crippen LogP contribution in [0, 0.1) is 0 Å². The summed E-state index contributed by atoms with van der Waals surface area (Å²) >= 11 is 0. The lowest BCUT2D eigenvalue weighted by molar-refractivity contribution is 0.537. The third-order valence-corrected chi connectivity index (χ3v) is 6.06. The maximum Gasteiger partial charge on any atom is 0.0413 e. The number of rotatable bonds is 18. The molecular formula is C30H45N. The average Bonchev–Trinajstić information content (AvgIpc) is 2.81. The predicted molar refractivity (Wildman–Crippen MR) is 141 cm³/mol. The summed E-state index contributed by atoms with van der Waals surface area (Å²) in [7, 11) is 0. The van der Waals surface area contributed by atoms with E-state index in [2.05, 4.69) is 79.0 Å². The van der Waals surface area contributed by atoms with Gasteiger partial charge in [0.25, 0.3) is 0 Å². The second-order valence-corrected chi connectivity index (χ2v) is 8.85. The molecule has 0 aliphatic heterocycles. The van der Waals surface area contributed by atoms with Gasteiger partial charge in [0.2, 0.25) is 0 Å². The molecule has 0 unspecified atom stereocenters. The van der Waals surface area contributed by atoms with E-state index >= 15 is 0 Å². The molecule has 170 valence electrons. The number of para-hydroxylation sites is 1. The molecule has 0 amide bonds. The molecule has 0 bridgehead atoms. The molecule has 0 radical (unpaired) electrons. The van der Waals surface area contributed by atoms with Gasteiger partial charge in [-0.3, -0.25) is 0 Å². The van der Waals surface area contributed by atoms with E-state index in [-0.39, 0.29) is 0 Å². The lowest BCUT2D eigenvalue weighted by Gasteiger charge is -2.10. The monoisotopic (exact) mass is 419 g/mol. The average molecular weight is 420 g/mol. The third kappa shape index (κ3) is 12.4. The summed E-state index contributed by atoms with van der Waals surface area (Å²) in [5, 5.41) is 3.64. The molecule has 0 spiro atoms. The molecule has 2 rings (SSSR count). The summed E-state index contributed by atoms with van der Waals surface area (Å²) in [4.78, 5) is 0. The summed E-state index contributed by atoms with van der Waals surface area (Å²) in [5.41, 5.74) is 3.74.